The molecule has 9 heteroatoms. The fraction of sp³-hybridized carbons (Fsp3) is 0.375. The molecule has 0 N–H and O–H groups in total. The molecule has 0 aliphatic heterocycles. The second kappa shape index (κ2) is 6.56. The molecule has 1 heterocycles. The standard InChI is InChI=1S/C16H12Cl3F4NO/c1-24-14(16(21,22)23)13(18)12(15(24)19)8-4-11(9(17)5-10(8)20)25-6-7-2-3-7/h4-5,7H,2-3,6H2,1H3. The zero-order valence-corrected chi connectivity index (χ0v) is 15.1. The Bertz CT molecular complexity index is 828. The first-order valence-electron chi connectivity index (χ1n) is 7.34. The maximum Gasteiger partial charge on any atom is 0.432 e. The Morgan fingerprint density at radius 2 is 1.84 bits per heavy atom. The third kappa shape index (κ3) is 3.57. The van der Waals surface area contributed by atoms with E-state index in [1.165, 1.54) is 6.07 Å². The highest BCUT2D eigenvalue weighted by Gasteiger charge is 2.40. The third-order valence-corrected chi connectivity index (χ3v) is 5.10. The van der Waals surface area contributed by atoms with E-state index in [1.807, 2.05) is 0 Å². The molecule has 1 saturated carbocycles. The molecule has 1 aromatic carbocycles. The molecule has 2 nitrogen and oxygen atoms in total. The summed E-state index contributed by atoms with van der Waals surface area (Å²) in [5.74, 6) is -0.244. The normalized spacial score (nSPS) is 14.9. The van der Waals surface area contributed by atoms with E-state index in [1.54, 1.807) is 0 Å². The lowest BCUT2D eigenvalue weighted by Crippen LogP contribution is -2.11. The average Bonchev–Trinajstić information content (AvgIpc) is 3.27. The molecule has 25 heavy (non-hydrogen) atoms. The lowest BCUT2D eigenvalue weighted by molar-refractivity contribution is -0.142. The predicted molar refractivity (Wildman–Crippen MR) is 89.1 cm³/mol. The molecule has 1 aliphatic rings. The third-order valence-electron chi connectivity index (χ3n) is 3.99. The van der Waals surface area contributed by atoms with Crippen molar-refractivity contribution in [1.82, 2.24) is 4.57 Å². The molecule has 0 bridgehead atoms. The van der Waals surface area contributed by atoms with Gasteiger partial charge in [-0.1, -0.05) is 34.8 Å². The van der Waals surface area contributed by atoms with E-state index in [0.29, 0.717) is 17.1 Å². The van der Waals surface area contributed by atoms with E-state index < -0.39 is 22.7 Å². The van der Waals surface area contributed by atoms with Crippen molar-refractivity contribution < 1.29 is 22.3 Å². The van der Waals surface area contributed by atoms with Crippen LogP contribution in [0.25, 0.3) is 11.1 Å². The van der Waals surface area contributed by atoms with Gasteiger partial charge in [0.25, 0.3) is 0 Å². The van der Waals surface area contributed by atoms with Crippen LogP contribution < -0.4 is 4.74 Å². The highest BCUT2D eigenvalue weighted by atomic mass is 35.5. The van der Waals surface area contributed by atoms with Gasteiger partial charge in [-0.3, -0.25) is 0 Å². The van der Waals surface area contributed by atoms with E-state index in [0.717, 1.165) is 26.0 Å². The summed E-state index contributed by atoms with van der Waals surface area (Å²) in [6.45, 7) is 0.412. The second-order valence-corrected chi connectivity index (χ2v) is 7.05. The van der Waals surface area contributed by atoms with Crippen molar-refractivity contribution in [3.63, 3.8) is 0 Å². The number of nitrogens with zero attached hydrogens (tertiary/aromatic N) is 1. The van der Waals surface area contributed by atoms with Crippen LogP contribution in [0.15, 0.2) is 12.1 Å². The van der Waals surface area contributed by atoms with Crippen LogP contribution in [-0.2, 0) is 13.2 Å². The lowest BCUT2D eigenvalue weighted by Gasteiger charge is -2.11. The van der Waals surface area contributed by atoms with Crippen molar-refractivity contribution in [1.29, 1.82) is 0 Å². The van der Waals surface area contributed by atoms with E-state index in [9.17, 15) is 17.6 Å². The summed E-state index contributed by atoms with van der Waals surface area (Å²) in [5, 5.41) is -0.970. The number of rotatable bonds is 4. The van der Waals surface area contributed by atoms with Gasteiger partial charge in [0.1, 0.15) is 22.4 Å². The predicted octanol–water partition coefficient (Wildman–Crippen LogP) is 6.60. The van der Waals surface area contributed by atoms with Gasteiger partial charge in [0.2, 0.25) is 0 Å². The van der Waals surface area contributed by atoms with Crippen LogP contribution in [0.2, 0.25) is 15.2 Å². The molecule has 0 spiro atoms. The van der Waals surface area contributed by atoms with Crippen molar-refractivity contribution in [2.75, 3.05) is 6.61 Å². The molecule has 1 aliphatic carbocycles. The van der Waals surface area contributed by atoms with Gasteiger partial charge in [-0.15, -0.1) is 0 Å². The van der Waals surface area contributed by atoms with Crippen molar-refractivity contribution >= 4 is 34.8 Å². The van der Waals surface area contributed by atoms with Gasteiger partial charge < -0.3 is 9.30 Å². The first-order chi connectivity index (χ1) is 11.6. The molecule has 136 valence electrons. The topological polar surface area (TPSA) is 14.2 Å². The van der Waals surface area contributed by atoms with Crippen molar-refractivity contribution in [2.45, 2.75) is 19.0 Å². The molecule has 2 aromatic rings. The maximum absolute atomic E-state index is 14.4. The van der Waals surface area contributed by atoms with Crippen molar-refractivity contribution in [2.24, 2.45) is 13.0 Å². The number of hydrogen-bond donors (Lipinski definition) is 0. The molecular weight excluding hydrogens is 405 g/mol. The summed E-state index contributed by atoms with van der Waals surface area (Å²) >= 11 is 17.9. The van der Waals surface area contributed by atoms with E-state index >= 15 is 0 Å². The number of ether oxygens (including phenoxy) is 1. The SMILES string of the molecule is Cn1c(Cl)c(-c2cc(OCC3CC3)c(Cl)cc2F)c(Cl)c1C(F)(F)F. The zero-order valence-electron chi connectivity index (χ0n) is 12.9. The summed E-state index contributed by atoms with van der Waals surface area (Å²) in [6.07, 6.45) is -2.66. The Morgan fingerprint density at radius 3 is 2.36 bits per heavy atom. The summed E-state index contributed by atoms with van der Waals surface area (Å²) < 4.78 is 60.1. The van der Waals surface area contributed by atoms with Crippen molar-refractivity contribution in [3.8, 4) is 16.9 Å². The summed E-state index contributed by atoms with van der Waals surface area (Å²) in [4.78, 5) is 0. The number of alkyl halides is 3. The van der Waals surface area contributed by atoms with Crippen LogP contribution in [-0.4, -0.2) is 11.2 Å². The van der Waals surface area contributed by atoms with E-state index in [-0.39, 0.29) is 27.1 Å². The highest BCUT2D eigenvalue weighted by molar-refractivity contribution is 6.40. The van der Waals surface area contributed by atoms with Crippen LogP contribution in [0.1, 0.15) is 18.5 Å². The van der Waals surface area contributed by atoms with Gasteiger partial charge in [-0.25, -0.2) is 4.39 Å². The van der Waals surface area contributed by atoms with Gasteiger partial charge in [0.15, 0.2) is 0 Å². The molecule has 0 radical (unpaired) electrons. The monoisotopic (exact) mass is 415 g/mol. The van der Waals surface area contributed by atoms with Crippen molar-refractivity contribution in [3.05, 3.63) is 38.8 Å². The van der Waals surface area contributed by atoms with Crippen LogP contribution in [0, 0.1) is 11.7 Å². The van der Waals surface area contributed by atoms with Crippen LogP contribution in [0.3, 0.4) is 0 Å². The minimum absolute atomic E-state index is 0.0288. The van der Waals surface area contributed by atoms with Crippen LogP contribution in [0.4, 0.5) is 17.6 Å². The summed E-state index contributed by atoms with van der Waals surface area (Å²) in [6, 6.07) is 2.21. The minimum atomic E-state index is -4.73. The molecule has 0 atom stereocenters. The maximum atomic E-state index is 14.4. The Hall–Kier alpha value is -1.11. The first kappa shape index (κ1) is 18.7. The smallest absolute Gasteiger partial charge is 0.432 e. The molecule has 3 rings (SSSR count). The number of hydrogen-bond acceptors (Lipinski definition) is 1. The number of benzene rings is 1. The zero-order chi connectivity index (χ0) is 18.5. The van der Waals surface area contributed by atoms with E-state index in [4.69, 9.17) is 39.5 Å². The Labute approximate surface area is 156 Å². The van der Waals surface area contributed by atoms with Gasteiger partial charge in [0.05, 0.1) is 16.7 Å². The highest BCUT2D eigenvalue weighted by Crippen LogP contribution is 2.47. The van der Waals surface area contributed by atoms with Gasteiger partial charge in [0, 0.05) is 18.2 Å². The minimum Gasteiger partial charge on any atom is -0.492 e. The van der Waals surface area contributed by atoms with Gasteiger partial charge in [-0.2, -0.15) is 13.2 Å². The fourth-order valence-corrected chi connectivity index (χ4v) is 3.45. The molecular formula is C16H12Cl3F4NO. The summed E-state index contributed by atoms with van der Waals surface area (Å²) in [5.41, 5.74) is -1.59. The number of aromatic nitrogens is 1. The van der Waals surface area contributed by atoms with Gasteiger partial charge >= 0.3 is 6.18 Å². The van der Waals surface area contributed by atoms with Crippen LogP contribution >= 0.6 is 34.8 Å². The Kier molecular flexibility index (Phi) is 4.90. The second-order valence-electron chi connectivity index (χ2n) is 5.90. The quantitative estimate of drug-likeness (QED) is 0.512. The molecule has 0 saturated heterocycles. The molecule has 1 fully saturated rings. The lowest BCUT2D eigenvalue weighted by atomic mass is 10.1. The first-order valence-corrected chi connectivity index (χ1v) is 8.47. The fourth-order valence-electron chi connectivity index (χ4n) is 2.49. The summed E-state index contributed by atoms with van der Waals surface area (Å²) in [7, 11) is 1.11. The van der Waals surface area contributed by atoms with E-state index in [2.05, 4.69) is 0 Å². The average molecular weight is 417 g/mol. The number of halogens is 7. The van der Waals surface area contributed by atoms with Crippen LogP contribution in [0.5, 0.6) is 5.75 Å². The Morgan fingerprint density at radius 1 is 1.20 bits per heavy atom. The molecule has 0 unspecified atom stereocenters. The largest absolute Gasteiger partial charge is 0.492 e. The molecule has 1 aromatic heterocycles. The molecule has 0 amide bonds. The Balaban J connectivity index is 2.11. The van der Waals surface area contributed by atoms with Gasteiger partial charge in [-0.05, 0) is 30.9 Å².